The summed E-state index contributed by atoms with van der Waals surface area (Å²) in [4.78, 5) is 0. The van der Waals surface area contributed by atoms with E-state index in [1.54, 1.807) is 0 Å². The van der Waals surface area contributed by atoms with Crippen LogP contribution in [0, 0.1) is 0 Å². The molecule has 2 fully saturated rings. The van der Waals surface area contributed by atoms with E-state index in [-0.39, 0.29) is 0 Å². The van der Waals surface area contributed by atoms with Crippen molar-refractivity contribution >= 4 is 0 Å². The highest BCUT2D eigenvalue weighted by atomic mass is 15.9. The zero-order chi connectivity index (χ0) is 4.20. The molecule has 0 amide bonds. The van der Waals surface area contributed by atoms with Gasteiger partial charge in [-0.15, -0.1) is 0 Å². The summed E-state index contributed by atoms with van der Waals surface area (Å²) in [5.74, 6) is 0. The average Bonchev–Trinajstić information content (AvgIpc) is 2.12. The molecular formula is C4H9N2+. The van der Waals surface area contributed by atoms with Gasteiger partial charge >= 0.3 is 0 Å². The smallest absolute Gasteiger partial charge is 0.209 e. The van der Waals surface area contributed by atoms with Crippen molar-refractivity contribution in [1.82, 2.24) is 5.43 Å². The van der Waals surface area contributed by atoms with Crippen molar-refractivity contribution in [1.29, 1.82) is 0 Å². The third kappa shape index (κ3) is 0.150. The van der Waals surface area contributed by atoms with Crippen LogP contribution in [0.2, 0.25) is 0 Å². The minimum absolute atomic E-state index is 1.04. The molecule has 2 aliphatic rings. The van der Waals surface area contributed by atoms with Crippen molar-refractivity contribution in [2.75, 3.05) is 20.1 Å². The van der Waals surface area contributed by atoms with Crippen LogP contribution in [0.15, 0.2) is 0 Å². The lowest BCUT2D eigenvalue weighted by Crippen LogP contribution is -2.26. The lowest BCUT2D eigenvalue weighted by Gasteiger charge is -1.95. The fourth-order valence-corrected chi connectivity index (χ4v) is 0.970. The van der Waals surface area contributed by atoms with E-state index < -0.39 is 0 Å². The molecule has 2 heterocycles. The van der Waals surface area contributed by atoms with Gasteiger partial charge in [-0.25, -0.2) is 4.59 Å². The van der Waals surface area contributed by atoms with Crippen molar-refractivity contribution < 1.29 is 4.59 Å². The summed E-state index contributed by atoms with van der Waals surface area (Å²) in [5, 5.41) is 0. The van der Waals surface area contributed by atoms with Gasteiger partial charge in [-0.1, -0.05) is 0 Å². The molecule has 0 bridgehead atoms. The van der Waals surface area contributed by atoms with E-state index in [0.717, 1.165) is 6.04 Å². The van der Waals surface area contributed by atoms with E-state index in [9.17, 15) is 0 Å². The second-order valence-electron chi connectivity index (χ2n) is 2.28. The van der Waals surface area contributed by atoms with Crippen LogP contribution < -0.4 is 5.43 Å². The first-order valence-electron chi connectivity index (χ1n) is 2.43. The Morgan fingerprint density at radius 2 is 2.17 bits per heavy atom. The van der Waals surface area contributed by atoms with Crippen molar-refractivity contribution in [3.05, 3.63) is 0 Å². The first-order valence-corrected chi connectivity index (χ1v) is 2.43. The molecule has 0 aromatic rings. The largest absolute Gasteiger partial charge is 0.224 e. The molecule has 2 nitrogen and oxygen atoms in total. The maximum absolute atomic E-state index is 3.23. The zero-order valence-corrected chi connectivity index (χ0v) is 3.94. The minimum Gasteiger partial charge on any atom is -0.224 e. The molecule has 6 heavy (non-hydrogen) atoms. The Morgan fingerprint density at radius 1 is 1.67 bits per heavy atom. The Labute approximate surface area is 37.3 Å². The monoisotopic (exact) mass is 85.1 g/mol. The highest BCUT2D eigenvalue weighted by molar-refractivity contribution is 4.86. The Hall–Kier alpha value is -0.0800. The van der Waals surface area contributed by atoms with Crippen LogP contribution in [-0.2, 0) is 0 Å². The SMILES string of the molecule is CN[N+]12CC1C2. The molecular weight excluding hydrogens is 76.1 g/mol. The molecule has 0 aliphatic carbocycles. The van der Waals surface area contributed by atoms with Crippen LogP contribution in [-0.4, -0.2) is 30.8 Å². The van der Waals surface area contributed by atoms with Crippen molar-refractivity contribution in [3.8, 4) is 0 Å². The molecule has 0 aromatic heterocycles. The molecule has 0 radical (unpaired) electrons. The third-order valence-corrected chi connectivity index (χ3v) is 1.95. The van der Waals surface area contributed by atoms with Crippen molar-refractivity contribution in [3.63, 3.8) is 0 Å². The van der Waals surface area contributed by atoms with Crippen LogP contribution in [0.5, 0.6) is 0 Å². The van der Waals surface area contributed by atoms with E-state index in [1.807, 2.05) is 7.05 Å². The van der Waals surface area contributed by atoms with Crippen molar-refractivity contribution in [2.45, 2.75) is 6.04 Å². The van der Waals surface area contributed by atoms with Crippen LogP contribution >= 0.6 is 0 Å². The summed E-state index contributed by atoms with van der Waals surface area (Å²) in [6.45, 7) is 2.80. The standard InChI is InChI=1S/C4H9N2/c1-5-6-2-4(6)3-6/h4-5H,2-3H2,1H3/q+1. The zero-order valence-electron chi connectivity index (χ0n) is 3.94. The predicted molar refractivity (Wildman–Crippen MR) is 22.8 cm³/mol. The van der Waals surface area contributed by atoms with Gasteiger partial charge in [0.15, 0.2) is 13.1 Å². The first-order chi connectivity index (χ1) is 2.87. The van der Waals surface area contributed by atoms with Crippen molar-refractivity contribution in [2.24, 2.45) is 0 Å². The second kappa shape index (κ2) is 0.532. The fourth-order valence-electron chi connectivity index (χ4n) is 0.970. The molecule has 0 unspecified atom stereocenters. The molecule has 2 aliphatic heterocycles. The van der Waals surface area contributed by atoms with Gasteiger partial charge < -0.3 is 0 Å². The summed E-state index contributed by atoms with van der Waals surface area (Å²) in [6, 6.07) is 1.04. The van der Waals surface area contributed by atoms with E-state index >= 15 is 0 Å². The van der Waals surface area contributed by atoms with Gasteiger partial charge in [-0.3, -0.25) is 0 Å². The summed E-state index contributed by atoms with van der Waals surface area (Å²) < 4.78 is 1.24. The highest BCUT2D eigenvalue weighted by Crippen LogP contribution is 2.43. The van der Waals surface area contributed by atoms with Gasteiger partial charge in [0.1, 0.15) is 0 Å². The van der Waals surface area contributed by atoms with Gasteiger partial charge in [-0.2, -0.15) is 5.43 Å². The molecule has 2 saturated heterocycles. The van der Waals surface area contributed by atoms with E-state index in [0.29, 0.717) is 0 Å². The Morgan fingerprint density at radius 3 is 2.17 bits per heavy atom. The third-order valence-electron chi connectivity index (χ3n) is 1.95. The summed E-state index contributed by atoms with van der Waals surface area (Å²) in [7, 11) is 2.03. The molecule has 1 N–H and O–H groups in total. The van der Waals surface area contributed by atoms with Crippen LogP contribution in [0.25, 0.3) is 0 Å². The van der Waals surface area contributed by atoms with Crippen LogP contribution in [0.4, 0.5) is 0 Å². The number of hydrogen-bond acceptors (Lipinski definition) is 1. The van der Waals surface area contributed by atoms with Gasteiger partial charge in [0.05, 0.1) is 0 Å². The number of hydrogen-bond donors (Lipinski definition) is 1. The summed E-state index contributed by atoms with van der Waals surface area (Å²) in [5.41, 5.74) is 3.23. The Balaban J connectivity index is 2.10. The fraction of sp³-hybridized carbons (Fsp3) is 1.00. The second-order valence-corrected chi connectivity index (χ2v) is 2.28. The molecule has 0 atom stereocenters. The number of rotatable bonds is 1. The van der Waals surface area contributed by atoms with E-state index in [2.05, 4.69) is 5.43 Å². The van der Waals surface area contributed by atoms with Crippen LogP contribution in [0.1, 0.15) is 0 Å². The molecule has 2 rings (SSSR count). The first kappa shape index (κ1) is 2.99. The molecule has 0 spiro atoms. The maximum atomic E-state index is 3.23. The number of nitrogens with zero attached hydrogens (tertiary/aromatic N) is 1. The summed E-state index contributed by atoms with van der Waals surface area (Å²) in [6.07, 6.45) is 0. The Bertz CT molecular complexity index is 83.5. The lowest BCUT2D eigenvalue weighted by molar-refractivity contribution is -0.752. The molecule has 2 heteroatoms. The topological polar surface area (TPSA) is 12.0 Å². The highest BCUT2D eigenvalue weighted by Gasteiger charge is 2.74. The quantitative estimate of drug-likeness (QED) is 0.329. The van der Waals surface area contributed by atoms with Gasteiger partial charge in [-0.05, 0) is 0 Å². The van der Waals surface area contributed by atoms with Gasteiger partial charge in [0.25, 0.3) is 0 Å². The Kier molecular flexibility index (Phi) is 0.265. The van der Waals surface area contributed by atoms with E-state index in [1.165, 1.54) is 17.7 Å². The maximum Gasteiger partial charge on any atom is 0.209 e. The van der Waals surface area contributed by atoms with E-state index in [4.69, 9.17) is 0 Å². The molecule has 0 saturated carbocycles. The molecule has 0 aromatic carbocycles. The normalized spacial score (nSPS) is 60.5. The number of fused-ring (bicyclic) bond motifs is 1. The molecule has 34 valence electrons. The minimum atomic E-state index is 1.04. The average molecular weight is 85.1 g/mol. The number of nitrogens with one attached hydrogen (secondary N) is 1. The van der Waals surface area contributed by atoms with Gasteiger partial charge in [0, 0.05) is 7.05 Å². The number of quaternary nitrogens is 1. The van der Waals surface area contributed by atoms with Gasteiger partial charge in [0.2, 0.25) is 6.04 Å². The summed E-state index contributed by atoms with van der Waals surface area (Å²) >= 11 is 0. The lowest BCUT2D eigenvalue weighted by atomic mass is 10.6. The predicted octanol–water partition coefficient (Wildman–Crippen LogP) is -0.667. The van der Waals surface area contributed by atoms with Crippen LogP contribution in [0.3, 0.4) is 0 Å².